The van der Waals surface area contributed by atoms with Gasteiger partial charge in [0.2, 0.25) is 0 Å². The summed E-state index contributed by atoms with van der Waals surface area (Å²) in [6, 6.07) is 0. The predicted octanol–water partition coefficient (Wildman–Crippen LogP) is 0.510. The summed E-state index contributed by atoms with van der Waals surface area (Å²) >= 11 is 0. The summed E-state index contributed by atoms with van der Waals surface area (Å²) in [4.78, 5) is 0. The van der Waals surface area contributed by atoms with Gasteiger partial charge in [-0.2, -0.15) is 10.5 Å². The molecule has 0 atom stereocenters. The Bertz CT molecular complexity index is 273. The van der Waals surface area contributed by atoms with Crippen molar-refractivity contribution >= 4 is 5.71 Å². The largest absolute Gasteiger partial charge is 0.364 e. The van der Waals surface area contributed by atoms with Crippen LogP contribution in [0.15, 0.2) is 34.4 Å². The van der Waals surface area contributed by atoms with Crippen molar-refractivity contribution in [1.29, 1.82) is 0 Å². The van der Waals surface area contributed by atoms with E-state index in [4.69, 9.17) is 0 Å². The topological polar surface area (TPSA) is 52.5 Å². The maximum Gasteiger partial charge on any atom is 0.133 e. The second-order valence-electron chi connectivity index (χ2n) is 1.83. The van der Waals surface area contributed by atoms with Gasteiger partial charge in [0.15, 0.2) is 0 Å². The number of hydrogen-bond acceptors (Lipinski definition) is 3. The molecule has 0 amide bonds. The standard InChI is InChI=1S/C6H4N3O/c1-2-7-9-6(1)5-3-8-10-4-5/h1-4H. The van der Waals surface area contributed by atoms with Crippen LogP contribution in [0.5, 0.6) is 0 Å². The Kier molecular flexibility index (Phi) is 1.04. The van der Waals surface area contributed by atoms with Crippen molar-refractivity contribution in [1.82, 2.24) is 10.6 Å². The van der Waals surface area contributed by atoms with Crippen molar-refractivity contribution in [2.75, 3.05) is 0 Å². The van der Waals surface area contributed by atoms with Crippen LogP contribution in [0.2, 0.25) is 0 Å². The van der Waals surface area contributed by atoms with Crippen LogP contribution in [-0.4, -0.2) is 10.9 Å². The van der Waals surface area contributed by atoms with Crippen molar-refractivity contribution in [2.24, 2.45) is 5.10 Å². The molecule has 1 radical (unpaired) electrons. The fourth-order valence-electron chi connectivity index (χ4n) is 0.718. The maximum atomic E-state index is 4.62. The lowest BCUT2D eigenvalue weighted by Crippen LogP contribution is -1.90. The van der Waals surface area contributed by atoms with Gasteiger partial charge in [-0.15, -0.1) is 0 Å². The van der Waals surface area contributed by atoms with Crippen LogP contribution < -0.4 is 5.43 Å². The normalized spacial score (nSPS) is 15.0. The minimum absolute atomic E-state index is 0.793. The first kappa shape index (κ1) is 5.22. The Morgan fingerprint density at radius 3 is 3.00 bits per heavy atom. The Morgan fingerprint density at radius 2 is 2.40 bits per heavy atom. The van der Waals surface area contributed by atoms with E-state index >= 15 is 0 Å². The van der Waals surface area contributed by atoms with Crippen LogP contribution in [-0.2, 0) is 0 Å². The maximum absolute atomic E-state index is 4.62. The zero-order valence-corrected chi connectivity index (χ0v) is 5.06. The SMILES string of the molecule is C1=CC(c2cnoc2)=N[N]1. The third-order valence-corrected chi connectivity index (χ3v) is 1.19. The smallest absolute Gasteiger partial charge is 0.133 e. The number of rotatable bonds is 1. The molecule has 0 unspecified atom stereocenters. The average Bonchev–Trinajstić information content (AvgIpc) is 2.59. The monoisotopic (exact) mass is 134 g/mol. The first-order valence-electron chi connectivity index (χ1n) is 2.81. The molecule has 0 fully saturated rings. The van der Waals surface area contributed by atoms with Gasteiger partial charge in [-0.1, -0.05) is 5.16 Å². The molecule has 0 aromatic carbocycles. The zero-order valence-electron chi connectivity index (χ0n) is 5.06. The minimum atomic E-state index is 0.793. The van der Waals surface area contributed by atoms with Crippen molar-refractivity contribution in [2.45, 2.75) is 0 Å². The molecule has 49 valence electrons. The van der Waals surface area contributed by atoms with Gasteiger partial charge in [0.1, 0.15) is 6.26 Å². The number of aromatic nitrogens is 1. The van der Waals surface area contributed by atoms with E-state index in [0.717, 1.165) is 11.3 Å². The number of nitrogens with zero attached hydrogens (tertiary/aromatic N) is 3. The molecule has 0 bridgehead atoms. The van der Waals surface area contributed by atoms with Gasteiger partial charge in [-0.25, -0.2) is 0 Å². The lowest BCUT2D eigenvalue weighted by molar-refractivity contribution is 0.419. The second kappa shape index (κ2) is 1.98. The van der Waals surface area contributed by atoms with E-state index in [9.17, 15) is 0 Å². The molecule has 0 saturated carbocycles. The van der Waals surface area contributed by atoms with Crippen molar-refractivity contribution in [3.8, 4) is 0 Å². The van der Waals surface area contributed by atoms with E-state index in [1.165, 1.54) is 6.26 Å². The van der Waals surface area contributed by atoms with E-state index in [1.807, 2.05) is 0 Å². The van der Waals surface area contributed by atoms with Gasteiger partial charge in [-0.3, -0.25) is 0 Å². The van der Waals surface area contributed by atoms with Gasteiger partial charge in [-0.05, 0) is 6.08 Å². The number of hydrogen-bond donors (Lipinski definition) is 0. The molecule has 2 rings (SSSR count). The van der Waals surface area contributed by atoms with Crippen molar-refractivity contribution in [3.63, 3.8) is 0 Å². The van der Waals surface area contributed by atoms with Gasteiger partial charge < -0.3 is 4.52 Å². The summed E-state index contributed by atoms with van der Waals surface area (Å²) < 4.78 is 4.62. The Hall–Kier alpha value is -1.58. The molecule has 1 aliphatic heterocycles. The van der Waals surface area contributed by atoms with Gasteiger partial charge in [0.25, 0.3) is 0 Å². The second-order valence-corrected chi connectivity index (χ2v) is 1.83. The number of allylic oxidation sites excluding steroid dienone is 1. The molecular formula is C6H4N3O. The first-order chi connectivity index (χ1) is 4.97. The lowest BCUT2D eigenvalue weighted by atomic mass is 10.2. The van der Waals surface area contributed by atoms with E-state index in [2.05, 4.69) is 20.2 Å². The van der Waals surface area contributed by atoms with Gasteiger partial charge in [0, 0.05) is 0 Å². The molecule has 2 heterocycles. The summed E-state index contributed by atoms with van der Waals surface area (Å²) in [5, 5.41) is 7.34. The van der Waals surface area contributed by atoms with Crippen LogP contribution in [0, 0.1) is 0 Å². The third kappa shape index (κ3) is 0.699. The van der Waals surface area contributed by atoms with Crippen LogP contribution >= 0.6 is 0 Å². The summed E-state index contributed by atoms with van der Waals surface area (Å²) in [6.07, 6.45) is 6.56. The third-order valence-electron chi connectivity index (χ3n) is 1.19. The summed E-state index contributed by atoms with van der Waals surface area (Å²) in [7, 11) is 0. The molecule has 0 aliphatic carbocycles. The van der Waals surface area contributed by atoms with Crippen molar-refractivity contribution in [3.05, 3.63) is 30.3 Å². The molecule has 1 aromatic heterocycles. The Balaban J connectivity index is 2.36. The van der Waals surface area contributed by atoms with Crippen LogP contribution in [0.4, 0.5) is 0 Å². The minimum Gasteiger partial charge on any atom is -0.364 e. The fourth-order valence-corrected chi connectivity index (χ4v) is 0.718. The summed E-state index contributed by atoms with van der Waals surface area (Å²) in [5.41, 5.74) is 5.31. The van der Waals surface area contributed by atoms with Crippen LogP contribution in [0.3, 0.4) is 0 Å². The van der Waals surface area contributed by atoms with Crippen LogP contribution in [0.1, 0.15) is 5.56 Å². The van der Waals surface area contributed by atoms with Crippen LogP contribution in [0.25, 0.3) is 0 Å². The van der Waals surface area contributed by atoms with E-state index < -0.39 is 0 Å². The predicted molar refractivity (Wildman–Crippen MR) is 34.3 cm³/mol. The fraction of sp³-hybridized carbons (Fsp3) is 0. The van der Waals surface area contributed by atoms with Crippen molar-refractivity contribution < 1.29 is 4.52 Å². The van der Waals surface area contributed by atoms with E-state index in [0.29, 0.717) is 0 Å². The molecule has 0 saturated heterocycles. The molecule has 4 heteroatoms. The van der Waals surface area contributed by atoms with Gasteiger partial charge in [0.05, 0.1) is 23.7 Å². The molecule has 1 aromatic rings. The Morgan fingerprint density at radius 1 is 1.40 bits per heavy atom. The lowest BCUT2D eigenvalue weighted by Gasteiger charge is -1.83. The molecule has 10 heavy (non-hydrogen) atoms. The Labute approximate surface area is 57.2 Å². The average molecular weight is 134 g/mol. The summed E-state index contributed by atoms with van der Waals surface area (Å²) in [6.45, 7) is 0. The molecular weight excluding hydrogens is 130 g/mol. The highest BCUT2D eigenvalue weighted by molar-refractivity contribution is 6.08. The van der Waals surface area contributed by atoms with Gasteiger partial charge >= 0.3 is 0 Å². The molecule has 4 nitrogen and oxygen atoms in total. The highest BCUT2D eigenvalue weighted by atomic mass is 16.5. The molecule has 0 spiro atoms. The molecule has 0 N–H and O–H groups in total. The summed E-state index contributed by atoms with van der Waals surface area (Å²) in [5.74, 6) is 0. The highest BCUT2D eigenvalue weighted by Crippen LogP contribution is 2.03. The van der Waals surface area contributed by atoms with E-state index in [-0.39, 0.29) is 0 Å². The highest BCUT2D eigenvalue weighted by Gasteiger charge is 2.05. The molecule has 1 aliphatic rings. The first-order valence-corrected chi connectivity index (χ1v) is 2.81. The quantitative estimate of drug-likeness (QED) is 0.561. The zero-order chi connectivity index (χ0) is 6.81. The van der Waals surface area contributed by atoms with E-state index in [1.54, 1.807) is 18.5 Å².